The molecule has 0 saturated carbocycles. The summed E-state index contributed by atoms with van der Waals surface area (Å²) in [6.45, 7) is 4.43. The van der Waals surface area contributed by atoms with Gasteiger partial charge >= 0.3 is 6.18 Å². The van der Waals surface area contributed by atoms with Gasteiger partial charge in [-0.05, 0) is 44.2 Å². The van der Waals surface area contributed by atoms with Crippen LogP contribution in [0.25, 0.3) is 16.9 Å². The first kappa shape index (κ1) is 22.1. The first-order valence-electron chi connectivity index (χ1n) is 10.6. The molecule has 0 radical (unpaired) electrons. The zero-order valence-electron chi connectivity index (χ0n) is 18.5. The third-order valence-corrected chi connectivity index (χ3v) is 6.37. The molecule has 0 aromatic carbocycles. The van der Waals surface area contributed by atoms with Crippen molar-refractivity contribution >= 4 is 22.8 Å². The lowest BCUT2D eigenvalue weighted by Crippen LogP contribution is -2.39. The van der Waals surface area contributed by atoms with Gasteiger partial charge in [0.05, 0.1) is 11.5 Å². The van der Waals surface area contributed by atoms with Crippen LogP contribution in [0.3, 0.4) is 0 Å². The molecule has 0 spiro atoms. The minimum atomic E-state index is -4.62. The summed E-state index contributed by atoms with van der Waals surface area (Å²) in [6.07, 6.45) is 0.242. The second-order valence-electron chi connectivity index (χ2n) is 8.65. The number of alkyl halides is 3. The van der Waals surface area contributed by atoms with Crippen molar-refractivity contribution in [1.82, 2.24) is 24.5 Å². The molecule has 0 bridgehead atoms. The third kappa shape index (κ3) is 3.35. The molecule has 2 N–H and O–H groups in total. The number of amides is 1. The van der Waals surface area contributed by atoms with Crippen molar-refractivity contribution in [2.75, 3.05) is 4.90 Å². The van der Waals surface area contributed by atoms with Crippen LogP contribution in [0.5, 0.6) is 0 Å². The van der Waals surface area contributed by atoms with Crippen molar-refractivity contribution in [1.29, 1.82) is 0 Å². The summed E-state index contributed by atoms with van der Waals surface area (Å²) in [5, 5.41) is 12.3. The molecular weight excluding hydrogens is 449 g/mol. The Morgan fingerprint density at radius 2 is 1.91 bits per heavy atom. The molecule has 5 heterocycles. The Morgan fingerprint density at radius 3 is 2.65 bits per heavy atom. The Kier molecular flexibility index (Phi) is 4.80. The summed E-state index contributed by atoms with van der Waals surface area (Å²) < 4.78 is 42.1. The molecule has 1 fully saturated rings. The summed E-state index contributed by atoms with van der Waals surface area (Å²) in [5.41, 5.74) is -1.85. The molecule has 5 rings (SSSR count). The Hall–Kier alpha value is -3.73. The molecule has 8 nitrogen and oxygen atoms in total. The maximum absolute atomic E-state index is 13.5. The number of hydrogen-bond donors (Lipinski definition) is 2. The van der Waals surface area contributed by atoms with Gasteiger partial charge in [0.15, 0.2) is 0 Å². The minimum Gasteiger partial charge on any atom is -0.387 e. The number of carbonyl (C=O) groups is 1. The van der Waals surface area contributed by atoms with Crippen LogP contribution in [0.2, 0.25) is 0 Å². The van der Waals surface area contributed by atoms with Crippen LogP contribution < -0.4 is 4.90 Å². The molecule has 176 valence electrons. The number of fused-ring (bicyclic) bond motifs is 1. The van der Waals surface area contributed by atoms with E-state index in [1.807, 2.05) is 12.1 Å². The maximum Gasteiger partial charge on any atom is 0.416 e. The molecule has 4 aromatic rings. The number of halogens is 3. The number of H-pyrrole nitrogens is 1. The highest BCUT2D eigenvalue weighted by atomic mass is 19.4. The summed E-state index contributed by atoms with van der Waals surface area (Å²) in [4.78, 5) is 30.6. The van der Waals surface area contributed by atoms with Gasteiger partial charge in [-0.2, -0.15) is 13.2 Å². The molecule has 1 amide bonds. The number of aryl methyl sites for hydroxylation is 1. The Labute approximate surface area is 192 Å². The summed E-state index contributed by atoms with van der Waals surface area (Å²) >= 11 is 0. The standard InChI is InChI=1S/C23H21F3N6O2/c1-12-10-15(23(24,25)26)11-17(29-12)32-18(22(3,34)13(2)21(32)33)20-28-8-9-31(20)16-5-4-14-6-7-27-19(14)30-16/h4-11,13,18,34H,1-3H3,(H,27,30)/t13-,18+,22+/m0/s1. The number of aromatic amines is 1. The first-order chi connectivity index (χ1) is 16.0. The average molecular weight is 470 g/mol. The van der Waals surface area contributed by atoms with E-state index < -0.39 is 35.2 Å². The van der Waals surface area contributed by atoms with Crippen LogP contribution in [0.1, 0.15) is 37.0 Å². The number of rotatable bonds is 3. The second kappa shape index (κ2) is 7.39. The van der Waals surface area contributed by atoms with E-state index in [0.29, 0.717) is 11.5 Å². The third-order valence-electron chi connectivity index (χ3n) is 6.37. The number of hydrogen-bond acceptors (Lipinski definition) is 5. The quantitative estimate of drug-likeness (QED) is 0.472. The predicted molar refractivity (Wildman–Crippen MR) is 117 cm³/mol. The highest BCUT2D eigenvalue weighted by Crippen LogP contribution is 2.47. The SMILES string of the molecule is Cc1cc(C(F)(F)F)cc(N2C(=O)[C@H](C)[C@@](C)(O)[C@H]2c2nccn2-c2ccc3cc[nH]c3n2)n1. The van der Waals surface area contributed by atoms with Crippen LogP contribution in [0.15, 0.2) is 48.9 Å². The van der Waals surface area contributed by atoms with Crippen molar-refractivity contribution in [2.45, 2.75) is 38.6 Å². The van der Waals surface area contributed by atoms with Gasteiger partial charge < -0.3 is 10.1 Å². The van der Waals surface area contributed by atoms with E-state index in [1.54, 1.807) is 23.0 Å². The van der Waals surface area contributed by atoms with E-state index in [0.717, 1.165) is 22.4 Å². The van der Waals surface area contributed by atoms with E-state index in [9.17, 15) is 23.1 Å². The van der Waals surface area contributed by atoms with E-state index >= 15 is 0 Å². The predicted octanol–water partition coefficient (Wildman–Crippen LogP) is 3.95. The highest BCUT2D eigenvalue weighted by molar-refractivity contribution is 5.98. The number of aliphatic hydroxyl groups is 1. The van der Waals surface area contributed by atoms with Crippen molar-refractivity contribution in [3.8, 4) is 5.82 Å². The van der Waals surface area contributed by atoms with Crippen molar-refractivity contribution in [3.05, 3.63) is 66.0 Å². The van der Waals surface area contributed by atoms with E-state index in [1.165, 1.54) is 27.0 Å². The monoisotopic (exact) mass is 470 g/mol. The minimum absolute atomic E-state index is 0.0952. The number of pyridine rings is 2. The topological polar surface area (TPSA) is 99.9 Å². The summed E-state index contributed by atoms with van der Waals surface area (Å²) in [7, 11) is 0. The first-order valence-corrected chi connectivity index (χ1v) is 10.6. The molecule has 3 atom stereocenters. The molecular formula is C23H21F3N6O2. The Balaban J connectivity index is 1.68. The lowest BCUT2D eigenvalue weighted by molar-refractivity contribution is -0.137. The van der Waals surface area contributed by atoms with Crippen molar-refractivity contribution in [2.24, 2.45) is 5.92 Å². The average Bonchev–Trinajstić information content (AvgIpc) is 3.46. The Morgan fingerprint density at radius 1 is 1.15 bits per heavy atom. The molecule has 1 aliphatic rings. The van der Waals surface area contributed by atoms with Gasteiger partial charge in [0, 0.05) is 29.7 Å². The molecule has 11 heteroatoms. The van der Waals surface area contributed by atoms with Gasteiger partial charge in [-0.25, -0.2) is 15.0 Å². The fourth-order valence-corrected chi connectivity index (χ4v) is 4.41. The van der Waals surface area contributed by atoms with Crippen molar-refractivity contribution < 1.29 is 23.1 Å². The van der Waals surface area contributed by atoms with E-state index in [-0.39, 0.29) is 17.3 Å². The van der Waals surface area contributed by atoms with Gasteiger partial charge in [-0.3, -0.25) is 14.3 Å². The van der Waals surface area contributed by atoms with Crippen LogP contribution in [0.4, 0.5) is 19.0 Å². The number of nitrogens with one attached hydrogen (secondary N) is 1. The van der Waals surface area contributed by atoms with Crippen molar-refractivity contribution in [3.63, 3.8) is 0 Å². The lowest BCUT2D eigenvalue weighted by Gasteiger charge is -2.31. The van der Waals surface area contributed by atoms with E-state index in [4.69, 9.17) is 0 Å². The second-order valence-corrected chi connectivity index (χ2v) is 8.65. The van der Waals surface area contributed by atoms with Gasteiger partial charge in [-0.1, -0.05) is 6.92 Å². The number of nitrogens with zero attached hydrogens (tertiary/aromatic N) is 5. The zero-order valence-corrected chi connectivity index (χ0v) is 18.5. The summed E-state index contributed by atoms with van der Waals surface area (Å²) in [6, 6.07) is 6.11. The zero-order chi connectivity index (χ0) is 24.4. The fourth-order valence-electron chi connectivity index (χ4n) is 4.41. The van der Waals surface area contributed by atoms with E-state index in [2.05, 4.69) is 19.9 Å². The normalized spacial score (nSPS) is 23.3. The molecule has 0 aliphatic carbocycles. The van der Waals surface area contributed by atoms with Gasteiger partial charge in [-0.15, -0.1) is 0 Å². The smallest absolute Gasteiger partial charge is 0.387 e. The van der Waals surface area contributed by atoms with Crippen LogP contribution >= 0.6 is 0 Å². The van der Waals surface area contributed by atoms with Crippen LogP contribution in [-0.2, 0) is 11.0 Å². The van der Waals surface area contributed by atoms with Gasteiger partial charge in [0.25, 0.3) is 0 Å². The van der Waals surface area contributed by atoms with Crippen LogP contribution in [-0.4, -0.2) is 41.1 Å². The lowest BCUT2D eigenvalue weighted by atomic mass is 9.87. The fraction of sp³-hybridized carbons (Fsp3) is 0.304. The van der Waals surface area contributed by atoms with Crippen LogP contribution in [0, 0.1) is 12.8 Å². The molecule has 4 aromatic heterocycles. The van der Waals surface area contributed by atoms with Gasteiger partial charge in [0.1, 0.15) is 34.8 Å². The van der Waals surface area contributed by atoms with Gasteiger partial charge in [0.2, 0.25) is 5.91 Å². The maximum atomic E-state index is 13.5. The number of aromatic nitrogens is 5. The molecule has 0 unspecified atom stereocenters. The summed E-state index contributed by atoms with van der Waals surface area (Å²) in [5.74, 6) is -0.952. The molecule has 34 heavy (non-hydrogen) atoms. The number of carbonyl (C=O) groups excluding carboxylic acids is 1. The highest BCUT2D eigenvalue weighted by Gasteiger charge is 2.57. The Bertz CT molecular complexity index is 1410. The largest absolute Gasteiger partial charge is 0.416 e. The number of anilines is 1. The number of imidazole rings is 1. The molecule has 1 saturated heterocycles. The molecule has 1 aliphatic heterocycles.